The Kier molecular flexibility index (Phi) is 5.50. The highest BCUT2D eigenvalue weighted by Crippen LogP contribution is 2.19. The zero-order valence-corrected chi connectivity index (χ0v) is 12.9. The number of carboxylic acid groups (broad SMARTS) is 1. The Morgan fingerprint density at radius 2 is 2.05 bits per heavy atom. The molecule has 1 aromatic rings. The van der Waals surface area contributed by atoms with Gasteiger partial charge in [-0.05, 0) is 42.3 Å². The zero-order valence-electron chi connectivity index (χ0n) is 11.4. The summed E-state index contributed by atoms with van der Waals surface area (Å²) in [6.45, 7) is 3.35. The molecule has 0 saturated carbocycles. The van der Waals surface area contributed by atoms with Gasteiger partial charge in [0.25, 0.3) is 5.56 Å². The molecule has 0 aliphatic carbocycles. The molecule has 1 rings (SSSR count). The van der Waals surface area contributed by atoms with Crippen molar-refractivity contribution in [2.24, 2.45) is 5.41 Å². The maximum atomic E-state index is 11.7. The fraction of sp³-hybridized carbons (Fsp3) is 0.462. The van der Waals surface area contributed by atoms with Crippen LogP contribution in [-0.4, -0.2) is 28.1 Å². The summed E-state index contributed by atoms with van der Waals surface area (Å²) >= 11 is 3.22. The number of carbonyl (C=O) groups excluding carboxylic acids is 1. The molecule has 0 spiro atoms. The van der Waals surface area contributed by atoms with Gasteiger partial charge in [-0.2, -0.15) is 0 Å². The topological polar surface area (TPSA) is 88.4 Å². The maximum Gasteiger partial charge on any atom is 0.309 e. The number of pyridine rings is 1. The first kappa shape index (κ1) is 16.4. The van der Waals surface area contributed by atoms with Gasteiger partial charge in [-0.15, -0.1) is 0 Å². The number of aliphatic carboxylic acids is 1. The second-order valence-corrected chi connectivity index (χ2v) is 6.02. The summed E-state index contributed by atoms with van der Waals surface area (Å²) in [5.74, 6) is -1.23. The molecule has 0 bridgehead atoms. The summed E-state index contributed by atoms with van der Waals surface area (Å²) < 4.78 is 1.98. The van der Waals surface area contributed by atoms with Crippen LogP contribution in [-0.2, 0) is 16.1 Å². The normalized spacial score (nSPS) is 11.2. The molecule has 110 valence electrons. The minimum Gasteiger partial charge on any atom is -0.481 e. The van der Waals surface area contributed by atoms with Crippen LogP contribution in [0.25, 0.3) is 0 Å². The first-order valence-corrected chi connectivity index (χ1v) is 6.88. The van der Waals surface area contributed by atoms with Gasteiger partial charge < -0.3 is 15.0 Å². The molecule has 0 aliphatic heterocycles. The first-order valence-electron chi connectivity index (χ1n) is 6.08. The minimum atomic E-state index is -0.907. The number of rotatable bonds is 6. The molecule has 0 fully saturated rings. The van der Waals surface area contributed by atoms with Crippen molar-refractivity contribution in [3.05, 3.63) is 33.2 Å². The van der Waals surface area contributed by atoms with E-state index < -0.39 is 11.4 Å². The Morgan fingerprint density at radius 1 is 1.40 bits per heavy atom. The Balaban J connectivity index is 2.51. The van der Waals surface area contributed by atoms with Gasteiger partial charge in [-0.25, -0.2) is 0 Å². The predicted octanol–water partition coefficient (Wildman–Crippen LogP) is 1.23. The Bertz CT molecular complexity index is 566. The molecule has 6 nitrogen and oxygen atoms in total. The van der Waals surface area contributed by atoms with Crippen molar-refractivity contribution in [3.63, 3.8) is 0 Å². The molecule has 1 aromatic heterocycles. The first-order chi connectivity index (χ1) is 9.22. The molecule has 2 N–H and O–H groups in total. The standard InChI is InChI=1S/C13H17BrN2O4/c1-13(2,12(19)20)5-6-15-10(17)8-16-7-9(14)3-4-11(16)18/h3-4,7H,5-6,8H2,1-2H3,(H,15,17)(H,19,20). The largest absolute Gasteiger partial charge is 0.481 e. The van der Waals surface area contributed by atoms with Crippen LogP contribution in [0.3, 0.4) is 0 Å². The Labute approximate surface area is 124 Å². The third kappa shape index (κ3) is 4.80. The second-order valence-electron chi connectivity index (χ2n) is 5.10. The molecule has 0 aromatic carbocycles. The fourth-order valence-electron chi connectivity index (χ4n) is 1.46. The van der Waals surface area contributed by atoms with E-state index in [4.69, 9.17) is 5.11 Å². The third-order valence-corrected chi connectivity index (χ3v) is 3.38. The second kappa shape index (κ2) is 6.69. The molecule has 0 saturated heterocycles. The van der Waals surface area contributed by atoms with Gasteiger partial charge in [-0.3, -0.25) is 14.4 Å². The van der Waals surface area contributed by atoms with E-state index in [0.29, 0.717) is 10.9 Å². The molecular weight excluding hydrogens is 328 g/mol. The van der Waals surface area contributed by atoms with Crippen LogP contribution in [0.4, 0.5) is 0 Å². The van der Waals surface area contributed by atoms with E-state index >= 15 is 0 Å². The Hall–Kier alpha value is -1.63. The van der Waals surface area contributed by atoms with Crippen LogP contribution in [0.15, 0.2) is 27.6 Å². The number of nitrogens with one attached hydrogen (secondary N) is 1. The smallest absolute Gasteiger partial charge is 0.309 e. The molecule has 1 heterocycles. The minimum absolute atomic E-state index is 0.0915. The summed E-state index contributed by atoms with van der Waals surface area (Å²) in [6.07, 6.45) is 1.85. The highest BCUT2D eigenvalue weighted by atomic mass is 79.9. The average molecular weight is 345 g/mol. The van der Waals surface area contributed by atoms with Gasteiger partial charge in [0.15, 0.2) is 0 Å². The van der Waals surface area contributed by atoms with Crippen molar-refractivity contribution in [2.45, 2.75) is 26.8 Å². The van der Waals surface area contributed by atoms with Crippen LogP contribution in [0.5, 0.6) is 0 Å². The van der Waals surface area contributed by atoms with Gasteiger partial charge in [0.1, 0.15) is 6.54 Å². The van der Waals surface area contributed by atoms with Crippen molar-refractivity contribution in [1.82, 2.24) is 9.88 Å². The summed E-state index contributed by atoms with van der Waals surface area (Å²) in [7, 11) is 0. The van der Waals surface area contributed by atoms with Crippen LogP contribution in [0.1, 0.15) is 20.3 Å². The molecular formula is C13H17BrN2O4. The number of nitrogens with zero attached hydrogens (tertiary/aromatic N) is 1. The number of amides is 1. The predicted molar refractivity (Wildman–Crippen MR) is 77.4 cm³/mol. The number of halogens is 1. The van der Waals surface area contributed by atoms with Gasteiger partial charge in [-0.1, -0.05) is 0 Å². The average Bonchev–Trinajstić information content (AvgIpc) is 2.33. The lowest BCUT2D eigenvalue weighted by Gasteiger charge is -2.19. The van der Waals surface area contributed by atoms with Crippen molar-refractivity contribution < 1.29 is 14.7 Å². The number of hydrogen-bond donors (Lipinski definition) is 2. The maximum absolute atomic E-state index is 11.7. The van der Waals surface area contributed by atoms with E-state index in [0.717, 1.165) is 0 Å². The lowest BCUT2D eigenvalue weighted by molar-refractivity contribution is -0.147. The SMILES string of the molecule is CC(C)(CCNC(=O)Cn1cc(Br)ccc1=O)C(=O)O. The molecule has 7 heteroatoms. The van der Waals surface area contributed by atoms with Crippen LogP contribution in [0, 0.1) is 5.41 Å². The molecule has 0 radical (unpaired) electrons. The summed E-state index contributed by atoms with van der Waals surface area (Å²) in [5.41, 5.74) is -1.16. The van der Waals surface area contributed by atoms with E-state index in [1.807, 2.05) is 0 Å². The molecule has 0 atom stereocenters. The lowest BCUT2D eigenvalue weighted by atomic mass is 9.90. The van der Waals surface area contributed by atoms with Crippen LogP contribution < -0.4 is 10.9 Å². The number of carbonyl (C=O) groups is 2. The molecule has 0 unspecified atom stereocenters. The Morgan fingerprint density at radius 3 is 2.65 bits per heavy atom. The summed E-state index contributed by atoms with van der Waals surface area (Å²) in [4.78, 5) is 34.1. The zero-order chi connectivity index (χ0) is 15.3. The van der Waals surface area contributed by atoms with Gasteiger partial charge in [0.2, 0.25) is 5.91 Å². The number of hydrogen-bond acceptors (Lipinski definition) is 3. The monoisotopic (exact) mass is 344 g/mol. The van der Waals surface area contributed by atoms with Crippen LogP contribution >= 0.6 is 15.9 Å². The highest BCUT2D eigenvalue weighted by Gasteiger charge is 2.26. The van der Waals surface area contributed by atoms with Gasteiger partial charge >= 0.3 is 5.97 Å². The van der Waals surface area contributed by atoms with Gasteiger partial charge in [0, 0.05) is 23.3 Å². The molecule has 1 amide bonds. The van der Waals surface area contributed by atoms with Gasteiger partial charge in [0.05, 0.1) is 5.41 Å². The van der Waals surface area contributed by atoms with Crippen molar-refractivity contribution in [3.8, 4) is 0 Å². The number of aromatic nitrogens is 1. The van der Waals surface area contributed by atoms with Crippen LogP contribution in [0.2, 0.25) is 0 Å². The van der Waals surface area contributed by atoms with Crippen molar-refractivity contribution in [2.75, 3.05) is 6.54 Å². The highest BCUT2D eigenvalue weighted by molar-refractivity contribution is 9.10. The third-order valence-electron chi connectivity index (χ3n) is 2.91. The molecule has 20 heavy (non-hydrogen) atoms. The summed E-state index contributed by atoms with van der Waals surface area (Å²) in [6, 6.07) is 2.97. The number of carboxylic acids is 1. The van der Waals surface area contributed by atoms with E-state index in [1.165, 1.54) is 16.8 Å². The fourth-order valence-corrected chi connectivity index (χ4v) is 1.84. The van der Waals surface area contributed by atoms with Crippen molar-refractivity contribution >= 4 is 27.8 Å². The lowest BCUT2D eigenvalue weighted by Crippen LogP contribution is -2.35. The van der Waals surface area contributed by atoms with E-state index in [9.17, 15) is 14.4 Å². The quantitative estimate of drug-likeness (QED) is 0.812. The van der Waals surface area contributed by atoms with E-state index in [2.05, 4.69) is 21.2 Å². The van der Waals surface area contributed by atoms with Crippen molar-refractivity contribution in [1.29, 1.82) is 0 Å². The summed E-state index contributed by atoms with van der Waals surface area (Å²) in [5, 5.41) is 11.6. The molecule has 0 aliphatic rings. The van der Waals surface area contributed by atoms with E-state index in [-0.39, 0.29) is 24.6 Å². The van der Waals surface area contributed by atoms with E-state index in [1.54, 1.807) is 19.9 Å².